The number of unbranched alkanes of at least 4 members (excludes halogenated alkanes) is 1. The van der Waals surface area contributed by atoms with Crippen molar-refractivity contribution >= 4 is 88.1 Å². The van der Waals surface area contributed by atoms with Crippen LogP contribution in [0.25, 0.3) is 10.9 Å². The normalized spacial score (nSPS) is 11.5. The van der Waals surface area contributed by atoms with Crippen molar-refractivity contribution in [3.8, 4) is 11.5 Å². The quantitative estimate of drug-likeness (QED) is 0.151. The number of rotatable bonds is 10. The van der Waals surface area contributed by atoms with Crippen molar-refractivity contribution in [2.75, 3.05) is 6.61 Å². The first-order valence-electron chi connectivity index (χ1n) is 12.2. The molecule has 1 heterocycles. The number of ether oxygens (including phenoxy) is 2. The molecule has 0 N–H and O–H groups in total. The van der Waals surface area contributed by atoms with E-state index in [1.54, 1.807) is 24.4 Å². The van der Waals surface area contributed by atoms with Gasteiger partial charge in [-0.1, -0.05) is 58.5 Å². The largest absolute Gasteiger partial charge is 0.490 e. The summed E-state index contributed by atoms with van der Waals surface area (Å²) in [6.45, 7) is 4.67. The van der Waals surface area contributed by atoms with E-state index in [1.165, 1.54) is 4.68 Å². The van der Waals surface area contributed by atoms with E-state index in [4.69, 9.17) is 37.7 Å². The van der Waals surface area contributed by atoms with Gasteiger partial charge in [-0.2, -0.15) is 9.78 Å². The average Bonchev–Trinajstić information content (AvgIpc) is 2.91. The lowest BCUT2D eigenvalue weighted by molar-refractivity contribution is 0.267. The smallest absolute Gasteiger partial charge is 0.282 e. The maximum atomic E-state index is 13.4. The van der Waals surface area contributed by atoms with E-state index >= 15 is 0 Å². The zero-order chi connectivity index (χ0) is 28.1. The number of aryl methyl sites for hydroxylation is 1. The van der Waals surface area contributed by atoms with Gasteiger partial charge in [0.15, 0.2) is 11.5 Å². The van der Waals surface area contributed by atoms with Crippen LogP contribution in [0.3, 0.4) is 0 Å². The van der Waals surface area contributed by atoms with Crippen LogP contribution in [-0.4, -0.2) is 22.5 Å². The van der Waals surface area contributed by atoms with Gasteiger partial charge in [0.1, 0.15) is 12.4 Å². The molecule has 0 saturated carbocycles. The molecule has 39 heavy (non-hydrogen) atoms. The Morgan fingerprint density at radius 1 is 1.00 bits per heavy atom. The predicted octanol–water partition coefficient (Wildman–Crippen LogP) is 9.19. The Morgan fingerprint density at radius 3 is 2.51 bits per heavy atom. The topological polar surface area (TPSA) is 65.7 Å². The number of benzene rings is 3. The van der Waals surface area contributed by atoms with Crippen molar-refractivity contribution in [3.05, 3.63) is 93.2 Å². The van der Waals surface area contributed by atoms with E-state index in [1.807, 2.05) is 31.2 Å². The van der Waals surface area contributed by atoms with Gasteiger partial charge in [0, 0.05) is 20.9 Å². The molecule has 4 aromatic rings. The highest BCUT2D eigenvalue weighted by molar-refractivity contribution is 9.13. The molecular formula is C28H24Br3Cl2N3O3. The van der Waals surface area contributed by atoms with Crippen molar-refractivity contribution in [1.82, 2.24) is 9.66 Å². The molecule has 11 heteroatoms. The fourth-order valence-electron chi connectivity index (χ4n) is 3.81. The zero-order valence-corrected chi connectivity index (χ0v) is 27.4. The minimum absolute atomic E-state index is 0.231. The summed E-state index contributed by atoms with van der Waals surface area (Å²) in [6, 6.07) is 12.6. The summed E-state index contributed by atoms with van der Waals surface area (Å²) in [4.78, 5) is 18.2. The number of hydrogen-bond acceptors (Lipinski definition) is 5. The molecule has 0 fully saturated rings. The first-order valence-corrected chi connectivity index (χ1v) is 15.3. The molecule has 0 aliphatic carbocycles. The average molecular weight is 761 g/mol. The summed E-state index contributed by atoms with van der Waals surface area (Å²) in [7, 11) is 0. The summed E-state index contributed by atoms with van der Waals surface area (Å²) in [5, 5.41) is 6.01. The summed E-state index contributed by atoms with van der Waals surface area (Å²) in [5.41, 5.74) is 1.96. The number of nitrogens with zero attached hydrogens (tertiary/aromatic N) is 3. The lowest BCUT2D eigenvalue weighted by atomic mass is 10.2. The molecule has 0 aliphatic rings. The van der Waals surface area contributed by atoms with Crippen LogP contribution in [0, 0.1) is 0 Å². The molecule has 204 valence electrons. The monoisotopic (exact) mass is 757 g/mol. The molecule has 4 rings (SSSR count). The molecule has 0 spiro atoms. The Kier molecular flexibility index (Phi) is 10.5. The van der Waals surface area contributed by atoms with Crippen LogP contribution >= 0.6 is 71.0 Å². The summed E-state index contributed by atoms with van der Waals surface area (Å²) in [5.74, 6) is 1.65. The van der Waals surface area contributed by atoms with Gasteiger partial charge in [0.25, 0.3) is 5.56 Å². The first-order chi connectivity index (χ1) is 18.7. The van der Waals surface area contributed by atoms with Crippen LogP contribution in [0.4, 0.5) is 0 Å². The third-order valence-corrected chi connectivity index (χ3v) is 9.14. The minimum Gasteiger partial charge on any atom is -0.490 e. The Labute approximate surface area is 261 Å². The van der Waals surface area contributed by atoms with Gasteiger partial charge < -0.3 is 9.47 Å². The SMILES string of the molecule is CCCCc1nc2ccc(Br)cc2c(=O)n1N=Cc1cc(OCC)c(OCc2ccc(Cl)c(Cl)c2)c(Br)c1Br. The lowest BCUT2D eigenvalue weighted by Gasteiger charge is -2.16. The maximum Gasteiger partial charge on any atom is 0.282 e. The molecular weight excluding hydrogens is 737 g/mol. The second-order valence-electron chi connectivity index (χ2n) is 8.55. The van der Waals surface area contributed by atoms with E-state index < -0.39 is 0 Å². The molecule has 0 aliphatic heterocycles. The van der Waals surface area contributed by atoms with Gasteiger partial charge >= 0.3 is 0 Å². The van der Waals surface area contributed by atoms with Crippen molar-refractivity contribution in [3.63, 3.8) is 0 Å². The predicted molar refractivity (Wildman–Crippen MR) is 169 cm³/mol. The Bertz CT molecular complexity index is 1610. The maximum absolute atomic E-state index is 13.4. The molecule has 3 aromatic carbocycles. The highest BCUT2D eigenvalue weighted by Crippen LogP contribution is 2.43. The second-order valence-corrected chi connectivity index (χ2v) is 11.9. The third kappa shape index (κ3) is 7.06. The second kappa shape index (κ2) is 13.6. The van der Waals surface area contributed by atoms with E-state index in [2.05, 4.69) is 59.8 Å². The number of aromatic nitrogens is 2. The summed E-state index contributed by atoms with van der Waals surface area (Å²) < 4.78 is 15.5. The summed E-state index contributed by atoms with van der Waals surface area (Å²) in [6.07, 6.45) is 4.10. The molecule has 0 atom stereocenters. The van der Waals surface area contributed by atoms with E-state index in [0.29, 0.717) is 65.8 Å². The van der Waals surface area contributed by atoms with E-state index in [0.717, 1.165) is 22.9 Å². The van der Waals surface area contributed by atoms with Crippen molar-refractivity contribution in [2.24, 2.45) is 5.10 Å². The van der Waals surface area contributed by atoms with Crippen LogP contribution in [-0.2, 0) is 13.0 Å². The Balaban J connectivity index is 1.73. The Morgan fingerprint density at radius 2 is 1.79 bits per heavy atom. The summed E-state index contributed by atoms with van der Waals surface area (Å²) >= 11 is 22.9. The van der Waals surface area contributed by atoms with Gasteiger partial charge in [-0.05, 0) is 87.2 Å². The van der Waals surface area contributed by atoms with E-state index in [-0.39, 0.29) is 12.2 Å². The van der Waals surface area contributed by atoms with Crippen molar-refractivity contribution in [2.45, 2.75) is 39.7 Å². The lowest BCUT2D eigenvalue weighted by Crippen LogP contribution is -2.22. The number of halogens is 5. The van der Waals surface area contributed by atoms with Gasteiger partial charge in [-0.15, -0.1) is 0 Å². The van der Waals surface area contributed by atoms with Crippen LogP contribution < -0.4 is 15.0 Å². The van der Waals surface area contributed by atoms with Crippen LogP contribution in [0.5, 0.6) is 11.5 Å². The highest BCUT2D eigenvalue weighted by atomic mass is 79.9. The van der Waals surface area contributed by atoms with Crippen molar-refractivity contribution in [1.29, 1.82) is 0 Å². The fraction of sp³-hybridized carbons (Fsp3) is 0.250. The molecule has 0 amide bonds. The minimum atomic E-state index is -0.231. The van der Waals surface area contributed by atoms with Gasteiger partial charge in [0.2, 0.25) is 0 Å². The Hall–Kier alpha value is -1.91. The molecule has 6 nitrogen and oxygen atoms in total. The standard InChI is InChI=1S/C28H24Br3Cl2N3O3/c1-3-5-6-24-35-22-10-8-18(29)13-19(22)28(37)36(24)34-14-17-12-23(38-4-2)27(26(31)25(17)30)39-15-16-7-9-20(32)21(33)11-16/h7-14H,3-6,15H2,1-2H3. The molecule has 0 unspecified atom stereocenters. The van der Waals surface area contributed by atoms with Gasteiger partial charge in [-0.25, -0.2) is 4.98 Å². The van der Waals surface area contributed by atoms with Crippen LogP contribution in [0.2, 0.25) is 10.0 Å². The van der Waals surface area contributed by atoms with Crippen LogP contribution in [0.15, 0.2) is 65.8 Å². The first kappa shape index (κ1) is 30.1. The van der Waals surface area contributed by atoms with Crippen LogP contribution in [0.1, 0.15) is 43.6 Å². The van der Waals surface area contributed by atoms with Gasteiger partial charge in [0.05, 0.1) is 38.2 Å². The molecule has 0 saturated heterocycles. The molecule has 1 aromatic heterocycles. The highest BCUT2D eigenvalue weighted by Gasteiger charge is 2.18. The van der Waals surface area contributed by atoms with Gasteiger partial charge in [-0.3, -0.25) is 4.79 Å². The number of hydrogen-bond donors (Lipinski definition) is 0. The molecule has 0 radical (unpaired) electrons. The zero-order valence-electron chi connectivity index (χ0n) is 21.1. The number of fused-ring (bicyclic) bond motifs is 1. The van der Waals surface area contributed by atoms with Crippen molar-refractivity contribution < 1.29 is 9.47 Å². The fourth-order valence-corrected chi connectivity index (χ4v) is 5.43. The third-order valence-electron chi connectivity index (χ3n) is 5.76. The van der Waals surface area contributed by atoms with E-state index in [9.17, 15) is 4.79 Å². The molecule has 0 bridgehead atoms.